The first kappa shape index (κ1) is 20.3. The number of carboxylic acids is 1. The molecule has 0 aliphatic carbocycles. The molecule has 2 aliphatic heterocycles. The summed E-state index contributed by atoms with van der Waals surface area (Å²) in [7, 11) is 0. The van der Waals surface area contributed by atoms with E-state index in [0.717, 1.165) is 30.1 Å². The molecule has 1 saturated heterocycles. The maximum absolute atomic E-state index is 13.9. The van der Waals surface area contributed by atoms with Crippen LogP contribution < -0.4 is 4.74 Å². The number of hydrogen-bond donors (Lipinski definition) is 1. The van der Waals surface area contributed by atoms with Crippen molar-refractivity contribution in [3.8, 4) is 11.5 Å². The van der Waals surface area contributed by atoms with Crippen LogP contribution in [0, 0.1) is 18.2 Å². The Balaban J connectivity index is 1.63. The van der Waals surface area contributed by atoms with Crippen molar-refractivity contribution in [2.45, 2.75) is 20.8 Å². The monoisotopic (exact) mass is 411 g/mol. The number of carbonyl (C=O) groups is 1. The van der Waals surface area contributed by atoms with Crippen LogP contribution in [0.5, 0.6) is 11.5 Å². The number of aliphatic carboxylic acids is 1. The van der Waals surface area contributed by atoms with E-state index in [1.807, 2.05) is 25.1 Å². The van der Waals surface area contributed by atoms with Crippen molar-refractivity contribution in [3.63, 3.8) is 0 Å². The molecule has 158 valence electrons. The molecular formula is C23H26FN3O3. The summed E-state index contributed by atoms with van der Waals surface area (Å²) in [5.41, 5.74) is 1.64. The van der Waals surface area contributed by atoms with Crippen molar-refractivity contribution >= 4 is 17.5 Å². The van der Waals surface area contributed by atoms with Gasteiger partial charge >= 0.3 is 5.97 Å². The van der Waals surface area contributed by atoms with Crippen LogP contribution in [0.2, 0.25) is 0 Å². The first-order valence-electron chi connectivity index (χ1n) is 10.1. The molecule has 0 saturated carbocycles. The summed E-state index contributed by atoms with van der Waals surface area (Å²) < 4.78 is 19.9. The minimum atomic E-state index is -0.796. The molecule has 0 unspecified atom stereocenters. The number of carboxylic acid groups (broad SMARTS) is 1. The standard InChI is InChI=1S/C23H26FN3O3/c1-15-4-6-19-17(12-15)21(25-18-13-16(24)5-7-20(18)30-19)27-10-8-26(9-11-27)14-23(2,3)22(28)29/h4-7,12-13H,8-11,14H2,1-3H3,(H,28,29). The smallest absolute Gasteiger partial charge is 0.310 e. The number of hydrogen-bond acceptors (Lipinski definition) is 5. The fourth-order valence-corrected chi connectivity index (χ4v) is 3.85. The lowest BCUT2D eigenvalue weighted by atomic mass is 9.93. The molecule has 0 aromatic heterocycles. The number of aryl methyl sites for hydroxylation is 1. The molecule has 2 heterocycles. The Hall–Kier alpha value is -2.93. The van der Waals surface area contributed by atoms with Gasteiger partial charge in [-0.3, -0.25) is 9.69 Å². The van der Waals surface area contributed by atoms with E-state index >= 15 is 0 Å². The SMILES string of the molecule is Cc1ccc2c(c1)C(N1CCN(CC(C)(C)C(=O)O)CC1)=Nc1cc(F)ccc1O2. The van der Waals surface area contributed by atoms with Crippen molar-refractivity contribution in [1.82, 2.24) is 9.80 Å². The van der Waals surface area contributed by atoms with Crippen LogP contribution in [0.3, 0.4) is 0 Å². The zero-order chi connectivity index (χ0) is 21.5. The first-order chi connectivity index (χ1) is 14.2. The van der Waals surface area contributed by atoms with E-state index in [1.54, 1.807) is 19.9 Å². The van der Waals surface area contributed by atoms with Crippen molar-refractivity contribution in [3.05, 3.63) is 53.3 Å². The fourth-order valence-electron chi connectivity index (χ4n) is 3.85. The average molecular weight is 411 g/mol. The Bertz CT molecular complexity index is 1010. The van der Waals surface area contributed by atoms with Gasteiger partial charge in [-0.2, -0.15) is 0 Å². The quantitative estimate of drug-likeness (QED) is 0.826. The Labute approximate surface area is 175 Å². The molecule has 2 aromatic rings. The molecule has 1 fully saturated rings. The van der Waals surface area contributed by atoms with Gasteiger partial charge in [-0.1, -0.05) is 11.6 Å². The van der Waals surface area contributed by atoms with Gasteiger partial charge in [-0.15, -0.1) is 0 Å². The lowest BCUT2D eigenvalue weighted by molar-refractivity contribution is -0.148. The van der Waals surface area contributed by atoms with Crippen molar-refractivity contribution in [1.29, 1.82) is 0 Å². The van der Waals surface area contributed by atoms with Crippen LogP contribution in [0.15, 0.2) is 41.4 Å². The third-order valence-electron chi connectivity index (χ3n) is 5.61. The van der Waals surface area contributed by atoms with E-state index in [9.17, 15) is 14.3 Å². The van der Waals surface area contributed by atoms with E-state index in [0.29, 0.717) is 36.8 Å². The van der Waals surface area contributed by atoms with Crippen molar-refractivity contribution in [2.75, 3.05) is 32.7 Å². The number of ether oxygens (including phenoxy) is 1. The van der Waals surface area contributed by atoms with E-state index in [4.69, 9.17) is 9.73 Å². The molecule has 30 heavy (non-hydrogen) atoms. The average Bonchev–Trinajstić information content (AvgIpc) is 2.84. The Morgan fingerprint density at radius 3 is 2.53 bits per heavy atom. The van der Waals surface area contributed by atoms with Gasteiger partial charge in [-0.25, -0.2) is 9.38 Å². The van der Waals surface area contributed by atoms with Crippen LogP contribution in [-0.2, 0) is 4.79 Å². The maximum Gasteiger partial charge on any atom is 0.310 e. The second-order valence-corrected chi connectivity index (χ2v) is 8.60. The highest BCUT2D eigenvalue weighted by Crippen LogP contribution is 2.39. The van der Waals surface area contributed by atoms with Gasteiger partial charge in [0.25, 0.3) is 0 Å². The summed E-state index contributed by atoms with van der Waals surface area (Å²) in [6.07, 6.45) is 0. The molecule has 0 atom stereocenters. The molecule has 0 radical (unpaired) electrons. The van der Waals surface area contributed by atoms with E-state index in [1.165, 1.54) is 12.1 Å². The van der Waals surface area contributed by atoms with Gasteiger partial charge in [0.15, 0.2) is 5.75 Å². The van der Waals surface area contributed by atoms with Crippen molar-refractivity contribution < 1.29 is 19.0 Å². The second kappa shape index (κ2) is 7.72. The maximum atomic E-state index is 13.9. The van der Waals surface area contributed by atoms with Gasteiger partial charge in [0.1, 0.15) is 23.1 Å². The van der Waals surface area contributed by atoms with Gasteiger partial charge in [0.05, 0.1) is 11.0 Å². The molecule has 0 bridgehead atoms. The third kappa shape index (κ3) is 4.03. The molecule has 2 aliphatic rings. The minimum Gasteiger partial charge on any atom is -0.481 e. The number of benzene rings is 2. The number of fused-ring (bicyclic) bond motifs is 2. The Morgan fingerprint density at radius 1 is 1.13 bits per heavy atom. The lowest BCUT2D eigenvalue weighted by Crippen LogP contribution is -2.52. The number of piperazine rings is 1. The number of rotatable bonds is 3. The normalized spacial score (nSPS) is 16.8. The van der Waals surface area contributed by atoms with Gasteiger partial charge < -0.3 is 14.7 Å². The van der Waals surface area contributed by atoms with Crippen molar-refractivity contribution in [2.24, 2.45) is 10.4 Å². The number of aliphatic imine (C=N–C) groups is 1. The summed E-state index contributed by atoms with van der Waals surface area (Å²) >= 11 is 0. The molecule has 2 aromatic carbocycles. The highest BCUT2D eigenvalue weighted by Gasteiger charge is 2.32. The van der Waals surface area contributed by atoms with E-state index < -0.39 is 11.4 Å². The molecule has 0 amide bonds. The minimum absolute atomic E-state index is 0.358. The molecule has 1 N–H and O–H groups in total. The van der Waals surface area contributed by atoms with Crippen LogP contribution in [-0.4, -0.2) is 59.4 Å². The predicted molar refractivity (Wildman–Crippen MR) is 113 cm³/mol. The molecule has 0 spiro atoms. The lowest BCUT2D eigenvalue weighted by Gasteiger charge is -2.39. The summed E-state index contributed by atoms with van der Waals surface area (Å²) in [5.74, 6) is 0.828. The predicted octanol–water partition coefficient (Wildman–Crippen LogP) is 4.05. The van der Waals surface area contributed by atoms with Crippen LogP contribution >= 0.6 is 0 Å². The van der Waals surface area contributed by atoms with Crippen LogP contribution in [0.1, 0.15) is 25.0 Å². The molecule has 7 heteroatoms. The first-order valence-corrected chi connectivity index (χ1v) is 10.1. The van der Waals surface area contributed by atoms with Crippen LogP contribution in [0.25, 0.3) is 0 Å². The van der Waals surface area contributed by atoms with Crippen LogP contribution in [0.4, 0.5) is 10.1 Å². The third-order valence-corrected chi connectivity index (χ3v) is 5.61. The van der Waals surface area contributed by atoms with E-state index in [2.05, 4.69) is 9.80 Å². The zero-order valence-corrected chi connectivity index (χ0v) is 17.5. The number of amidine groups is 1. The fraction of sp³-hybridized carbons (Fsp3) is 0.391. The van der Waals surface area contributed by atoms with Gasteiger partial charge in [0.2, 0.25) is 0 Å². The Kier molecular flexibility index (Phi) is 5.24. The number of halogens is 1. The van der Waals surface area contributed by atoms with Gasteiger partial charge in [0, 0.05) is 38.8 Å². The second-order valence-electron chi connectivity index (χ2n) is 8.60. The highest BCUT2D eigenvalue weighted by atomic mass is 19.1. The molecular weight excluding hydrogens is 385 g/mol. The van der Waals surface area contributed by atoms with Gasteiger partial charge in [-0.05, 0) is 45.0 Å². The van der Waals surface area contributed by atoms with E-state index in [-0.39, 0.29) is 5.82 Å². The summed E-state index contributed by atoms with van der Waals surface area (Å²) in [6, 6.07) is 10.3. The largest absolute Gasteiger partial charge is 0.481 e. The zero-order valence-electron chi connectivity index (χ0n) is 17.5. The summed E-state index contributed by atoms with van der Waals surface area (Å²) in [6.45, 7) is 8.87. The molecule has 4 rings (SSSR count). The highest BCUT2D eigenvalue weighted by molar-refractivity contribution is 6.04. The summed E-state index contributed by atoms with van der Waals surface area (Å²) in [4.78, 5) is 20.6. The topological polar surface area (TPSA) is 65.4 Å². The summed E-state index contributed by atoms with van der Waals surface area (Å²) in [5, 5.41) is 9.41. The molecule has 6 nitrogen and oxygen atoms in total. The Morgan fingerprint density at radius 2 is 1.83 bits per heavy atom. The number of nitrogens with zero attached hydrogens (tertiary/aromatic N) is 3.